The van der Waals surface area contributed by atoms with Crippen LogP contribution in [0.4, 0.5) is 0 Å². The van der Waals surface area contributed by atoms with Gasteiger partial charge in [-0.25, -0.2) is 0 Å². The lowest BCUT2D eigenvalue weighted by Crippen LogP contribution is -2.32. The third kappa shape index (κ3) is 4.02. The molecule has 0 N–H and O–H groups in total. The molecule has 0 aromatic carbocycles. The molecule has 0 saturated heterocycles. The van der Waals surface area contributed by atoms with Crippen molar-refractivity contribution in [3.8, 4) is 0 Å². The van der Waals surface area contributed by atoms with E-state index in [1.54, 1.807) is 0 Å². The number of esters is 1. The van der Waals surface area contributed by atoms with Crippen molar-refractivity contribution in [1.29, 1.82) is 0 Å². The van der Waals surface area contributed by atoms with Crippen molar-refractivity contribution in [2.75, 3.05) is 0 Å². The summed E-state index contributed by atoms with van der Waals surface area (Å²) in [5.41, 5.74) is -0.496. The van der Waals surface area contributed by atoms with E-state index in [2.05, 4.69) is 0 Å². The van der Waals surface area contributed by atoms with Gasteiger partial charge < -0.3 is 4.74 Å². The Balaban J connectivity index is 2.60. The van der Waals surface area contributed by atoms with Crippen LogP contribution in [0.15, 0.2) is 0 Å². The summed E-state index contributed by atoms with van der Waals surface area (Å²) in [6, 6.07) is 0. The molecule has 86 valence electrons. The van der Waals surface area contributed by atoms with Crippen molar-refractivity contribution < 1.29 is 14.3 Å². The topological polar surface area (TPSA) is 43.4 Å². The van der Waals surface area contributed by atoms with Crippen LogP contribution in [0.5, 0.6) is 0 Å². The van der Waals surface area contributed by atoms with Crippen LogP contribution in [0, 0.1) is 5.92 Å². The molecule has 1 aliphatic rings. The molecule has 0 bridgehead atoms. The van der Waals surface area contributed by atoms with Gasteiger partial charge in [-0.15, -0.1) is 0 Å². The van der Waals surface area contributed by atoms with Gasteiger partial charge in [-0.3, -0.25) is 9.59 Å². The van der Waals surface area contributed by atoms with Crippen LogP contribution in [0.3, 0.4) is 0 Å². The van der Waals surface area contributed by atoms with Crippen molar-refractivity contribution in [2.24, 2.45) is 5.92 Å². The van der Waals surface area contributed by atoms with E-state index in [1.807, 2.05) is 20.8 Å². The van der Waals surface area contributed by atoms with Crippen molar-refractivity contribution in [3.05, 3.63) is 0 Å². The Labute approximate surface area is 91.2 Å². The Bertz CT molecular complexity index is 250. The van der Waals surface area contributed by atoms with Gasteiger partial charge in [0.1, 0.15) is 17.3 Å². The Morgan fingerprint density at radius 3 is 2.53 bits per heavy atom. The smallest absolute Gasteiger partial charge is 0.316 e. The van der Waals surface area contributed by atoms with Gasteiger partial charge >= 0.3 is 5.97 Å². The van der Waals surface area contributed by atoms with Crippen LogP contribution >= 0.6 is 0 Å². The van der Waals surface area contributed by atoms with Crippen LogP contribution in [0.25, 0.3) is 0 Å². The predicted molar refractivity (Wildman–Crippen MR) is 57.4 cm³/mol. The fourth-order valence-corrected chi connectivity index (χ4v) is 1.78. The Kier molecular flexibility index (Phi) is 3.89. The molecule has 15 heavy (non-hydrogen) atoms. The summed E-state index contributed by atoms with van der Waals surface area (Å²) in [4.78, 5) is 23.4. The summed E-state index contributed by atoms with van der Waals surface area (Å²) < 4.78 is 5.24. The van der Waals surface area contributed by atoms with Gasteiger partial charge in [0, 0.05) is 6.42 Å². The zero-order chi connectivity index (χ0) is 11.5. The fraction of sp³-hybridized carbons (Fsp3) is 0.833. The SMILES string of the molecule is CC(C)(C)OC(=O)C1CCCCCC1=O. The largest absolute Gasteiger partial charge is 0.459 e. The highest BCUT2D eigenvalue weighted by Gasteiger charge is 2.31. The van der Waals surface area contributed by atoms with Crippen LogP contribution < -0.4 is 0 Å². The molecule has 0 aliphatic heterocycles. The van der Waals surface area contributed by atoms with Crippen LogP contribution in [0.1, 0.15) is 52.9 Å². The van der Waals surface area contributed by atoms with Gasteiger partial charge in [0.2, 0.25) is 0 Å². The van der Waals surface area contributed by atoms with E-state index < -0.39 is 11.5 Å². The first-order valence-corrected chi connectivity index (χ1v) is 5.66. The number of hydrogen-bond acceptors (Lipinski definition) is 3. The third-order valence-corrected chi connectivity index (χ3v) is 2.50. The van der Waals surface area contributed by atoms with E-state index in [9.17, 15) is 9.59 Å². The number of Topliss-reactive ketones (excluding diaryl/α,β-unsaturated/α-hetero) is 1. The number of carbonyl (C=O) groups excluding carboxylic acids is 2. The minimum Gasteiger partial charge on any atom is -0.459 e. The molecule has 1 aliphatic carbocycles. The number of hydrogen-bond donors (Lipinski definition) is 0. The second kappa shape index (κ2) is 4.77. The first-order valence-electron chi connectivity index (χ1n) is 5.66. The molecule has 0 heterocycles. The number of ether oxygens (including phenoxy) is 1. The van der Waals surface area contributed by atoms with Gasteiger partial charge in [-0.2, -0.15) is 0 Å². The highest BCUT2D eigenvalue weighted by Crippen LogP contribution is 2.23. The number of carbonyl (C=O) groups is 2. The molecule has 0 spiro atoms. The van der Waals surface area contributed by atoms with Crippen LogP contribution in [0.2, 0.25) is 0 Å². The molecule has 1 fully saturated rings. The molecular formula is C12H20O3. The molecule has 0 aromatic rings. The molecule has 1 saturated carbocycles. The highest BCUT2D eigenvalue weighted by molar-refractivity contribution is 5.99. The van der Waals surface area contributed by atoms with E-state index in [0.717, 1.165) is 19.3 Å². The van der Waals surface area contributed by atoms with Gasteiger partial charge in [-0.1, -0.05) is 12.8 Å². The van der Waals surface area contributed by atoms with Gasteiger partial charge in [0.15, 0.2) is 0 Å². The summed E-state index contributed by atoms with van der Waals surface area (Å²) in [6.45, 7) is 5.48. The quantitative estimate of drug-likeness (QED) is 0.381. The van der Waals surface area contributed by atoms with E-state index in [-0.39, 0.29) is 11.8 Å². The van der Waals surface area contributed by atoms with Crippen LogP contribution in [-0.4, -0.2) is 17.4 Å². The summed E-state index contributed by atoms with van der Waals surface area (Å²) in [5.74, 6) is -0.789. The normalized spacial score (nSPS) is 23.4. The fourth-order valence-electron chi connectivity index (χ4n) is 1.78. The standard InChI is InChI=1S/C12H20O3/c1-12(2,3)15-11(14)9-7-5-4-6-8-10(9)13/h9H,4-8H2,1-3H3. The molecule has 1 atom stereocenters. The van der Waals surface area contributed by atoms with Crippen molar-refractivity contribution in [2.45, 2.75) is 58.5 Å². The molecule has 0 radical (unpaired) electrons. The first-order chi connectivity index (χ1) is 6.90. The van der Waals surface area contributed by atoms with E-state index in [0.29, 0.717) is 12.8 Å². The first kappa shape index (κ1) is 12.2. The lowest BCUT2D eigenvalue weighted by atomic mass is 9.99. The highest BCUT2D eigenvalue weighted by atomic mass is 16.6. The molecule has 1 unspecified atom stereocenters. The maximum Gasteiger partial charge on any atom is 0.316 e. The van der Waals surface area contributed by atoms with Gasteiger partial charge in [0.25, 0.3) is 0 Å². The van der Waals surface area contributed by atoms with Crippen LogP contribution in [-0.2, 0) is 14.3 Å². The minimum atomic E-state index is -0.508. The van der Waals surface area contributed by atoms with E-state index in [4.69, 9.17) is 4.74 Å². The zero-order valence-corrected chi connectivity index (χ0v) is 9.84. The predicted octanol–water partition coefficient (Wildman–Crippen LogP) is 2.48. The minimum absolute atomic E-state index is 0.0572. The van der Waals surface area contributed by atoms with E-state index >= 15 is 0 Å². The Morgan fingerprint density at radius 2 is 1.93 bits per heavy atom. The molecule has 1 rings (SSSR count). The summed E-state index contributed by atoms with van der Waals surface area (Å²) in [7, 11) is 0. The lowest BCUT2D eigenvalue weighted by molar-refractivity contribution is -0.162. The lowest BCUT2D eigenvalue weighted by Gasteiger charge is -2.22. The molecule has 0 amide bonds. The Morgan fingerprint density at radius 1 is 1.27 bits per heavy atom. The zero-order valence-electron chi connectivity index (χ0n) is 9.84. The monoisotopic (exact) mass is 212 g/mol. The summed E-state index contributed by atoms with van der Waals surface area (Å²) in [6.07, 6.45) is 4.11. The van der Waals surface area contributed by atoms with Crippen molar-refractivity contribution >= 4 is 11.8 Å². The maximum atomic E-state index is 11.7. The van der Waals surface area contributed by atoms with Crippen molar-refractivity contribution in [3.63, 3.8) is 0 Å². The second-order valence-corrected chi connectivity index (χ2v) is 5.15. The molecule has 3 heteroatoms. The number of ketones is 1. The summed E-state index contributed by atoms with van der Waals surface area (Å²) >= 11 is 0. The summed E-state index contributed by atoms with van der Waals surface area (Å²) in [5, 5.41) is 0. The molecule has 3 nitrogen and oxygen atoms in total. The molecule has 0 aromatic heterocycles. The van der Waals surface area contributed by atoms with E-state index in [1.165, 1.54) is 0 Å². The second-order valence-electron chi connectivity index (χ2n) is 5.15. The third-order valence-electron chi connectivity index (χ3n) is 2.50. The molecular weight excluding hydrogens is 192 g/mol. The average Bonchev–Trinajstić information content (AvgIpc) is 2.26. The van der Waals surface area contributed by atoms with Gasteiger partial charge in [0.05, 0.1) is 0 Å². The number of rotatable bonds is 1. The Hall–Kier alpha value is -0.860. The van der Waals surface area contributed by atoms with Crippen molar-refractivity contribution in [1.82, 2.24) is 0 Å². The average molecular weight is 212 g/mol. The maximum absolute atomic E-state index is 11.7. The van der Waals surface area contributed by atoms with Gasteiger partial charge in [-0.05, 0) is 33.6 Å².